The minimum Gasteiger partial charge on any atom is -0.433 e. The molecule has 0 bridgehead atoms. The van der Waals surface area contributed by atoms with Crippen LogP contribution in [0.25, 0.3) is 0 Å². The largest absolute Gasteiger partial charge is 0.433 e. The Labute approximate surface area is 127 Å². The Bertz CT molecular complexity index is 495. The van der Waals surface area contributed by atoms with Crippen LogP contribution in [0.5, 0.6) is 5.75 Å². The van der Waals surface area contributed by atoms with E-state index >= 15 is 0 Å². The number of ether oxygens (including phenoxy) is 1. The van der Waals surface area contributed by atoms with Crippen LogP contribution in [0.2, 0.25) is 0 Å². The fraction of sp³-hybridized carbons (Fsp3) is 0.500. The van der Waals surface area contributed by atoms with Crippen LogP contribution in [0, 0.1) is 0 Å². The number of halogens is 2. The summed E-state index contributed by atoms with van der Waals surface area (Å²) in [4.78, 5) is 13.9. The minimum absolute atomic E-state index is 0.0461. The molecule has 0 aliphatic carbocycles. The molecule has 1 atom stereocenters. The van der Waals surface area contributed by atoms with Crippen LogP contribution in [0.15, 0.2) is 24.3 Å². The monoisotopic (exact) mass is 314 g/mol. The third kappa shape index (κ3) is 5.21. The predicted molar refractivity (Wildman–Crippen MR) is 78.7 cm³/mol. The molecule has 22 heavy (non-hydrogen) atoms. The zero-order valence-corrected chi connectivity index (χ0v) is 12.3. The zero-order chi connectivity index (χ0) is 15.9. The molecule has 1 saturated heterocycles. The number of carbonyl (C=O) groups is 1. The van der Waals surface area contributed by atoms with E-state index in [1.807, 2.05) is 11.9 Å². The molecule has 1 heterocycles. The summed E-state index contributed by atoms with van der Waals surface area (Å²) in [5.74, 6) is -0.325. The van der Waals surface area contributed by atoms with Crippen molar-refractivity contribution in [3.63, 3.8) is 0 Å². The van der Waals surface area contributed by atoms with Crippen LogP contribution in [-0.2, 0) is 4.79 Å². The molecule has 1 unspecified atom stereocenters. The van der Waals surface area contributed by atoms with Crippen LogP contribution in [0.3, 0.4) is 0 Å². The van der Waals surface area contributed by atoms with E-state index in [9.17, 15) is 13.6 Å². The van der Waals surface area contributed by atoms with E-state index in [0.717, 1.165) is 19.5 Å². The predicted octanol–water partition coefficient (Wildman–Crippen LogP) is 1.02. The third-order valence-corrected chi connectivity index (χ3v) is 3.25. The Morgan fingerprint density at radius 2 is 2.27 bits per heavy atom. The van der Waals surface area contributed by atoms with Crippen LogP contribution >= 0.6 is 0 Å². The minimum atomic E-state index is -2.93. The van der Waals surface area contributed by atoms with Crippen molar-refractivity contribution in [1.82, 2.24) is 15.8 Å². The summed E-state index contributed by atoms with van der Waals surface area (Å²) >= 11 is 0. The molecule has 0 saturated carbocycles. The average molecular weight is 314 g/mol. The Balaban J connectivity index is 1.85. The molecule has 6 nitrogen and oxygen atoms in total. The van der Waals surface area contributed by atoms with Gasteiger partial charge in [-0.2, -0.15) is 8.78 Å². The first kappa shape index (κ1) is 16.6. The molecular formula is C14H20F2N4O2. The van der Waals surface area contributed by atoms with E-state index in [0.29, 0.717) is 6.04 Å². The van der Waals surface area contributed by atoms with Gasteiger partial charge < -0.3 is 10.1 Å². The fourth-order valence-electron chi connectivity index (χ4n) is 2.32. The maximum absolute atomic E-state index is 12.3. The first-order chi connectivity index (χ1) is 10.5. The second-order valence-corrected chi connectivity index (χ2v) is 5.18. The number of hydrogen-bond acceptors (Lipinski definition) is 5. The van der Waals surface area contributed by atoms with Crippen LogP contribution in [0.1, 0.15) is 6.42 Å². The SMILES string of the molecule is CN(CC(=O)Nc1ccccc1OC(F)F)CC1CCNN1. The van der Waals surface area contributed by atoms with Crippen LogP contribution < -0.4 is 20.9 Å². The number of benzene rings is 1. The second-order valence-electron chi connectivity index (χ2n) is 5.18. The van der Waals surface area contributed by atoms with Gasteiger partial charge in [0.15, 0.2) is 0 Å². The van der Waals surface area contributed by atoms with Gasteiger partial charge in [-0.3, -0.25) is 20.5 Å². The van der Waals surface area contributed by atoms with Gasteiger partial charge in [-0.05, 0) is 25.6 Å². The number of alkyl halides is 2. The van der Waals surface area contributed by atoms with Crippen molar-refractivity contribution >= 4 is 11.6 Å². The maximum Gasteiger partial charge on any atom is 0.387 e. The van der Waals surface area contributed by atoms with Gasteiger partial charge in [0, 0.05) is 19.1 Å². The van der Waals surface area contributed by atoms with Crippen molar-refractivity contribution in [1.29, 1.82) is 0 Å². The molecule has 2 rings (SSSR count). The summed E-state index contributed by atoms with van der Waals surface area (Å²) in [6.45, 7) is -1.14. The molecule has 8 heteroatoms. The van der Waals surface area contributed by atoms with Crippen LogP contribution in [0.4, 0.5) is 14.5 Å². The number of nitrogens with one attached hydrogen (secondary N) is 3. The third-order valence-electron chi connectivity index (χ3n) is 3.25. The number of hydrogen-bond donors (Lipinski definition) is 3. The molecule has 1 fully saturated rings. The Hall–Kier alpha value is -1.77. The summed E-state index contributed by atoms with van der Waals surface area (Å²) < 4.78 is 29.0. The Morgan fingerprint density at radius 1 is 1.50 bits per heavy atom. The smallest absolute Gasteiger partial charge is 0.387 e. The van der Waals surface area contributed by atoms with Crippen LogP contribution in [-0.4, -0.2) is 50.1 Å². The second kappa shape index (κ2) is 8.02. The van der Waals surface area contributed by atoms with E-state index in [1.165, 1.54) is 12.1 Å². The van der Waals surface area contributed by atoms with Gasteiger partial charge in [-0.15, -0.1) is 0 Å². The topological polar surface area (TPSA) is 65.6 Å². The molecule has 122 valence electrons. The molecule has 1 amide bonds. The molecule has 1 aliphatic heterocycles. The molecule has 1 aromatic rings. The summed E-state index contributed by atoms with van der Waals surface area (Å²) in [6.07, 6.45) is 0.997. The molecule has 0 radical (unpaired) electrons. The highest BCUT2D eigenvalue weighted by molar-refractivity contribution is 5.93. The van der Waals surface area contributed by atoms with Gasteiger partial charge in [0.1, 0.15) is 5.75 Å². The number of para-hydroxylation sites is 2. The zero-order valence-electron chi connectivity index (χ0n) is 12.3. The number of likely N-dealkylation sites (N-methyl/N-ethyl adjacent to an activating group) is 1. The van der Waals surface area contributed by atoms with Crippen molar-refractivity contribution < 1.29 is 18.3 Å². The number of nitrogens with zero attached hydrogens (tertiary/aromatic N) is 1. The number of rotatable bonds is 7. The highest BCUT2D eigenvalue weighted by atomic mass is 19.3. The van der Waals surface area contributed by atoms with Crippen molar-refractivity contribution in [2.75, 3.05) is 32.0 Å². The lowest BCUT2D eigenvalue weighted by atomic mass is 10.2. The van der Waals surface area contributed by atoms with E-state index < -0.39 is 6.61 Å². The normalized spacial score (nSPS) is 18.0. The van der Waals surface area contributed by atoms with Gasteiger partial charge >= 0.3 is 6.61 Å². The van der Waals surface area contributed by atoms with Gasteiger partial charge in [-0.25, -0.2) is 0 Å². The molecule has 1 aliphatic rings. The van der Waals surface area contributed by atoms with E-state index in [1.54, 1.807) is 12.1 Å². The lowest BCUT2D eigenvalue weighted by molar-refractivity contribution is -0.117. The lowest BCUT2D eigenvalue weighted by Gasteiger charge is -2.20. The van der Waals surface area contributed by atoms with E-state index in [-0.39, 0.29) is 23.9 Å². The standard InChI is InChI=1S/C14H20F2N4O2/c1-20(8-10-6-7-17-19-10)9-13(21)18-11-4-2-3-5-12(11)22-14(15)16/h2-5,10,14,17,19H,6-9H2,1H3,(H,18,21). The maximum atomic E-state index is 12.3. The van der Waals surface area contributed by atoms with Crippen molar-refractivity contribution in [3.05, 3.63) is 24.3 Å². The average Bonchev–Trinajstić information content (AvgIpc) is 2.93. The molecule has 0 spiro atoms. The summed E-state index contributed by atoms with van der Waals surface area (Å²) in [5, 5.41) is 2.60. The lowest BCUT2D eigenvalue weighted by Crippen LogP contribution is -2.41. The number of anilines is 1. The Kier molecular flexibility index (Phi) is 6.05. The highest BCUT2D eigenvalue weighted by Crippen LogP contribution is 2.25. The summed E-state index contributed by atoms with van der Waals surface area (Å²) in [6, 6.07) is 6.43. The fourth-order valence-corrected chi connectivity index (χ4v) is 2.32. The van der Waals surface area contributed by atoms with Crippen molar-refractivity contribution in [2.24, 2.45) is 0 Å². The molecule has 3 N–H and O–H groups in total. The van der Waals surface area contributed by atoms with Crippen molar-refractivity contribution in [2.45, 2.75) is 19.1 Å². The first-order valence-electron chi connectivity index (χ1n) is 7.05. The number of carbonyl (C=O) groups excluding carboxylic acids is 1. The van der Waals surface area contributed by atoms with E-state index in [4.69, 9.17) is 0 Å². The number of amides is 1. The molecule has 0 aromatic heterocycles. The highest BCUT2D eigenvalue weighted by Gasteiger charge is 2.18. The Morgan fingerprint density at radius 3 is 2.95 bits per heavy atom. The van der Waals surface area contributed by atoms with Gasteiger partial charge in [-0.1, -0.05) is 12.1 Å². The van der Waals surface area contributed by atoms with Gasteiger partial charge in [0.2, 0.25) is 5.91 Å². The summed E-state index contributed by atoms with van der Waals surface area (Å²) in [5.41, 5.74) is 6.38. The van der Waals surface area contributed by atoms with Gasteiger partial charge in [0.05, 0.1) is 12.2 Å². The van der Waals surface area contributed by atoms with E-state index in [2.05, 4.69) is 20.9 Å². The number of hydrazine groups is 1. The first-order valence-corrected chi connectivity index (χ1v) is 7.05. The van der Waals surface area contributed by atoms with Gasteiger partial charge in [0.25, 0.3) is 0 Å². The summed E-state index contributed by atoms with van der Waals surface area (Å²) in [7, 11) is 1.83. The quantitative estimate of drug-likeness (QED) is 0.701. The van der Waals surface area contributed by atoms with Crippen molar-refractivity contribution in [3.8, 4) is 5.75 Å². The molecule has 1 aromatic carbocycles. The molecular weight excluding hydrogens is 294 g/mol.